The molecule has 1 aliphatic carbocycles. The minimum Gasteiger partial charge on any atom is -0.424 e. The van der Waals surface area contributed by atoms with Gasteiger partial charge >= 0.3 is 30.4 Å². The summed E-state index contributed by atoms with van der Waals surface area (Å²) in [5.74, 6) is -13.3. The Hall–Kier alpha value is -4.46. The van der Waals surface area contributed by atoms with Crippen molar-refractivity contribution in [3.05, 3.63) is 60.2 Å². The van der Waals surface area contributed by atoms with Crippen LogP contribution in [0.5, 0.6) is 0 Å². The predicted molar refractivity (Wildman–Crippen MR) is 139 cm³/mol. The third kappa shape index (κ3) is 6.75. The van der Waals surface area contributed by atoms with Gasteiger partial charge in [-0.15, -0.1) is 0 Å². The number of rotatable bonds is 7. The Balaban J connectivity index is 2.08. The molecular formula is C27H22F12N6O3. The Morgan fingerprint density at radius 2 is 1.25 bits per heavy atom. The molecule has 0 bridgehead atoms. The molecule has 2 aliphatic rings. The van der Waals surface area contributed by atoms with Gasteiger partial charge in [-0.3, -0.25) is 19.6 Å². The van der Waals surface area contributed by atoms with Gasteiger partial charge < -0.3 is 15.4 Å². The number of nitrogens with one attached hydrogen (secondary N) is 2. The molecule has 2 aromatic heterocycles. The molecule has 21 heteroatoms. The van der Waals surface area contributed by atoms with Gasteiger partial charge in [0.2, 0.25) is 17.7 Å². The van der Waals surface area contributed by atoms with Gasteiger partial charge in [-0.1, -0.05) is 19.3 Å². The van der Waals surface area contributed by atoms with Gasteiger partial charge in [0.1, 0.15) is 0 Å². The first-order valence-electron chi connectivity index (χ1n) is 13.7. The average molecular weight is 706 g/mol. The molecule has 0 spiro atoms. The number of hydrogen-bond donors (Lipinski definition) is 2. The van der Waals surface area contributed by atoms with Crippen molar-refractivity contribution in [2.45, 2.75) is 74.1 Å². The topological polar surface area (TPSA) is 118 Å². The minimum absolute atomic E-state index is 0.0149. The number of ether oxygens (including phenoxy) is 1. The van der Waals surface area contributed by atoms with Crippen molar-refractivity contribution in [3.63, 3.8) is 0 Å². The molecule has 1 aliphatic heterocycles. The summed E-state index contributed by atoms with van der Waals surface area (Å²) in [4.78, 5) is 38.3. The van der Waals surface area contributed by atoms with Crippen molar-refractivity contribution in [2.24, 2.45) is 15.9 Å². The Morgan fingerprint density at radius 3 is 1.73 bits per heavy atom. The van der Waals surface area contributed by atoms with E-state index in [1.54, 1.807) is 0 Å². The molecule has 1 fully saturated rings. The second kappa shape index (κ2) is 12.9. The predicted octanol–water partition coefficient (Wildman–Crippen LogP) is 5.83. The monoisotopic (exact) mass is 706 g/mol. The lowest BCUT2D eigenvalue weighted by Crippen LogP contribution is -2.76. The van der Waals surface area contributed by atoms with Crippen molar-refractivity contribution >= 4 is 23.6 Å². The van der Waals surface area contributed by atoms with E-state index in [0.29, 0.717) is 48.8 Å². The number of carbonyl (C=O) groups excluding carboxylic acids is 2. The summed E-state index contributed by atoms with van der Waals surface area (Å²) in [5.41, 5.74) is -13.4. The van der Waals surface area contributed by atoms with E-state index in [4.69, 9.17) is 4.74 Å². The number of pyridine rings is 2. The lowest BCUT2D eigenvalue weighted by Gasteiger charge is -2.44. The molecule has 2 amide bonds. The van der Waals surface area contributed by atoms with Crippen molar-refractivity contribution in [1.29, 1.82) is 0 Å². The molecule has 0 radical (unpaired) electrons. The zero-order valence-corrected chi connectivity index (χ0v) is 23.9. The first kappa shape index (κ1) is 36.4. The van der Waals surface area contributed by atoms with E-state index in [1.165, 1.54) is 0 Å². The summed E-state index contributed by atoms with van der Waals surface area (Å²) in [7, 11) is 0. The molecule has 0 aromatic carbocycles. The number of aliphatic imine (C=N–C) groups is 2. The van der Waals surface area contributed by atoms with E-state index >= 15 is 26.3 Å². The van der Waals surface area contributed by atoms with Gasteiger partial charge in [0.15, 0.2) is 5.92 Å². The Morgan fingerprint density at radius 1 is 0.750 bits per heavy atom. The molecule has 9 nitrogen and oxygen atoms in total. The van der Waals surface area contributed by atoms with E-state index in [-0.39, 0.29) is 12.8 Å². The standard InChI is InChI=1S/C27H22F12N6O3/c28-24(29,30)22(25(31,32)33,43-18(46)14-6-10-40-11-7-14)17(19(47)42-16-4-2-1-3-5-16)21-45-23(26(34,35)36,27(37,38)39)44-20(48-21)15-8-12-41-13-9-15/h6-13,16-17H,1-5H2,(H,42,47)(H,43,46). The fourth-order valence-electron chi connectivity index (χ4n) is 5.11. The maximum absolute atomic E-state index is 15.1. The second-order valence-electron chi connectivity index (χ2n) is 10.6. The maximum Gasteiger partial charge on any atom is 0.443 e. The van der Waals surface area contributed by atoms with Crippen LogP contribution in [0.2, 0.25) is 0 Å². The first-order valence-corrected chi connectivity index (χ1v) is 13.7. The van der Waals surface area contributed by atoms with Crippen LogP contribution in [0.1, 0.15) is 48.0 Å². The Labute approximate surface area is 261 Å². The van der Waals surface area contributed by atoms with E-state index in [9.17, 15) is 35.9 Å². The van der Waals surface area contributed by atoms with E-state index in [2.05, 4.69) is 20.0 Å². The van der Waals surface area contributed by atoms with Crippen molar-refractivity contribution in [2.75, 3.05) is 0 Å². The largest absolute Gasteiger partial charge is 0.443 e. The van der Waals surface area contributed by atoms with E-state index in [0.717, 1.165) is 24.8 Å². The number of amides is 2. The Bertz CT molecular complexity index is 1510. The highest BCUT2D eigenvalue weighted by atomic mass is 19.4. The summed E-state index contributed by atoms with van der Waals surface area (Å²) in [6.07, 6.45) is -22.8. The van der Waals surface area contributed by atoms with Crippen LogP contribution in [-0.2, 0) is 9.53 Å². The highest BCUT2D eigenvalue weighted by Crippen LogP contribution is 2.53. The molecule has 1 unspecified atom stereocenters. The molecule has 2 N–H and O–H groups in total. The molecule has 4 rings (SSSR count). The summed E-state index contributed by atoms with van der Waals surface area (Å²) >= 11 is 0. The molecule has 48 heavy (non-hydrogen) atoms. The van der Waals surface area contributed by atoms with Crippen LogP contribution in [0.15, 0.2) is 59.0 Å². The van der Waals surface area contributed by atoms with Crippen LogP contribution in [-0.4, -0.2) is 75.5 Å². The van der Waals surface area contributed by atoms with Gasteiger partial charge in [0.05, 0.1) is 0 Å². The second-order valence-corrected chi connectivity index (χ2v) is 10.6. The molecule has 2 aromatic rings. The molecule has 3 heterocycles. The zero-order valence-electron chi connectivity index (χ0n) is 23.9. The van der Waals surface area contributed by atoms with Gasteiger partial charge in [0.25, 0.3) is 11.4 Å². The van der Waals surface area contributed by atoms with Gasteiger partial charge in [0, 0.05) is 42.0 Å². The summed E-state index contributed by atoms with van der Waals surface area (Å²) in [6, 6.07) is 1.53. The van der Waals surface area contributed by atoms with Crippen LogP contribution in [0.4, 0.5) is 52.7 Å². The van der Waals surface area contributed by atoms with Crippen molar-refractivity contribution in [1.82, 2.24) is 20.6 Å². The van der Waals surface area contributed by atoms with Gasteiger partial charge in [-0.25, -0.2) is 9.98 Å². The van der Waals surface area contributed by atoms with E-state index < -0.39 is 82.6 Å². The lowest BCUT2D eigenvalue weighted by molar-refractivity contribution is -0.312. The van der Waals surface area contributed by atoms with Gasteiger partial charge in [-0.05, 0) is 37.1 Å². The average Bonchev–Trinajstić information content (AvgIpc) is 2.99. The molecule has 262 valence electrons. The number of alkyl halides is 12. The lowest BCUT2D eigenvalue weighted by atomic mass is 9.79. The number of hydrogen-bond acceptors (Lipinski definition) is 7. The van der Waals surface area contributed by atoms with E-state index in [1.807, 2.05) is 5.32 Å². The van der Waals surface area contributed by atoms with Crippen LogP contribution >= 0.6 is 0 Å². The summed E-state index contributed by atoms with van der Waals surface area (Å²) < 4.78 is 181. The Kier molecular flexibility index (Phi) is 9.75. The first-order chi connectivity index (χ1) is 22.1. The fourth-order valence-corrected chi connectivity index (χ4v) is 5.11. The van der Waals surface area contributed by atoms with Gasteiger partial charge in [-0.2, -0.15) is 52.7 Å². The highest BCUT2D eigenvalue weighted by Gasteiger charge is 2.80. The zero-order chi connectivity index (χ0) is 35.8. The smallest absolute Gasteiger partial charge is 0.424 e. The van der Waals surface area contributed by atoms with Crippen LogP contribution < -0.4 is 10.6 Å². The summed E-state index contributed by atoms with van der Waals surface area (Å²) in [6.45, 7) is 0. The normalized spacial score (nSPS) is 18.6. The third-order valence-corrected chi connectivity index (χ3v) is 7.50. The highest BCUT2D eigenvalue weighted by molar-refractivity contribution is 6.11. The third-order valence-electron chi connectivity index (χ3n) is 7.50. The van der Waals surface area contributed by atoms with Crippen LogP contribution in [0, 0.1) is 5.92 Å². The van der Waals surface area contributed by atoms with Crippen molar-refractivity contribution in [3.8, 4) is 0 Å². The maximum atomic E-state index is 15.1. The number of halogens is 12. The molecule has 1 saturated carbocycles. The molecular weight excluding hydrogens is 684 g/mol. The molecule has 0 saturated heterocycles. The SMILES string of the molecule is O=C(NC(C(C(=O)NC1CCCCC1)C1=NC(C(F)(F)F)(C(F)(F)F)N=C(c2ccncc2)O1)(C(F)(F)F)C(F)(F)F)c1ccncc1. The van der Waals surface area contributed by atoms with Crippen molar-refractivity contribution < 1.29 is 67.0 Å². The number of nitrogens with zero attached hydrogens (tertiary/aromatic N) is 4. The molecule has 1 atom stereocenters. The number of aromatic nitrogens is 2. The minimum atomic E-state index is -6.86. The quantitative estimate of drug-likeness (QED) is 0.352. The number of carbonyl (C=O) groups is 2. The van der Waals surface area contributed by atoms with Crippen LogP contribution in [0.25, 0.3) is 0 Å². The fraction of sp³-hybridized carbons (Fsp3) is 0.481. The van der Waals surface area contributed by atoms with Crippen LogP contribution in [0.3, 0.4) is 0 Å². The summed E-state index contributed by atoms with van der Waals surface area (Å²) in [5, 5.41) is 2.52.